The third kappa shape index (κ3) is 10.2. The van der Waals surface area contributed by atoms with Crippen molar-refractivity contribution >= 4 is 41.2 Å². The van der Waals surface area contributed by atoms with Crippen molar-refractivity contribution < 1.29 is 19.1 Å². The molecule has 1 saturated carbocycles. The topological polar surface area (TPSA) is 90.5 Å². The molecular formula is C28H38Cl2FN3O3. The van der Waals surface area contributed by atoms with E-state index in [4.69, 9.17) is 23.2 Å². The number of hydrogen-bond acceptors (Lipinski definition) is 4. The summed E-state index contributed by atoms with van der Waals surface area (Å²) in [5.41, 5.74) is 2.05. The predicted molar refractivity (Wildman–Crippen MR) is 149 cm³/mol. The molecular weight excluding hydrogens is 516 g/mol. The summed E-state index contributed by atoms with van der Waals surface area (Å²) in [5, 5.41) is 19.0. The van der Waals surface area contributed by atoms with Crippen LogP contribution in [-0.4, -0.2) is 35.6 Å². The van der Waals surface area contributed by atoms with Crippen LogP contribution in [0.2, 0.25) is 10.0 Å². The molecule has 9 heteroatoms. The number of amides is 2. The van der Waals surface area contributed by atoms with Gasteiger partial charge in [-0.15, -0.1) is 0 Å². The number of rotatable bonds is 9. The lowest BCUT2D eigenvalue weighted by Crippen LogP contribution is -2.49. The fourth-order valence-electron chi connectivity index (χ4n) is 4.05. The van der Waals surface area contributed by atoms with Crippen LogP contribution in [0.1, 0.15) is 70.9 Å². The van der Waals surface area contributed by atoms with Crippen molar-refractivity contribution in [3.63, 3.8) is 0 Å². The Morgan fingerprint density at radius 2 is 1.86 bits per heavy atom. The van der Waals surface area contributed by atoms with Gasteiger partial charge < -0.3 is 21.1 Å². The maximum atomic E-state index is 14.7. The van der Waals surface area contributed by atoms with Crippen molar-refractivity contribution in [2.45, 2.75) is 84.5 Å². The fourth-order valence-corrected chi connectivity index (χ4v) is 4.40. The summed E-state index contributed by atoms with van der Waals surface area (Å²) < 4.78 is 14.7. The second-order valence-electron chi connectivity index (χ2n) is 11.0. The highest BCUT2D eigenvalue weighted by molar-refractivity contribution is 6.31. The van der Waals surface area contributed by atoms with Gasteiger partial charge in [0.1, 0.15) is 5.82 Å². The Morgan fingerprint density at radius 3 is 2.46 bits per heavy atom. The molecule has 0 aliphatic heterocycles. The van der Waals surface area contributed by atoms with Crippen LogP contribution in [0.3, 0.4) is 0 Å². The molecule has 0 bridgehead atoms. The summed E-state index contributed by atoms with van der Waals surface area (Å²) in [6.07, 6.45) is 1.93. The summed E-state index contributed by atoms with van der Waals surface area (Å²) in [5.74, 6) is -1.41. The molecule has 0 heterocycles. The van der Waals surface area contributed by atoms with E-state index >= 15 is 0 Å². The number of carbonyl (C=O) groups excluding carboxylic acids is 2. The van der Waals surface area contributed by atoms with E-state index in [9.17, 15) is 19.1 Å². The van der Waals surface area contributed by atoms with Crippen molar-refractivity contribution in [2.75, 3.05) is 5.32 Å². The van der Waals surface area contributed by atoms with Crippen LogP contribution in [-0.2, 0) is 16.1 Å². The van der Waals surface area contributed by atoms with E-state index in [1.807, 2.05) is 0 Å². The Morgan fingerprint density at radius 1 is 1.19 bits per heavy atom. The molecule has 0 radical (unpaired) electrons. The van der Waals surface area contributed by atoms with E-state index in [1.165, 1.54) is 6.07 Å². The minimum Gasteiger partial charge on any atom is -0.393 e. The Balaban J connectivity index is 0.000000877. The molecule has 1 aliphatic rings. The molecule has 2 aromatic carbocycles. The van der Waals surface area contributed by atoms with Gasteiger partial charge in [0, 0.05) is 29.2 Å². The Kier molecular flexibility index (Phi) is 11.8. The average Bonchev–Trinajstić information content (AvgIpc) is 3.20. The standard InChI is InChI=1S/C23H26Cl2FN3O3.C5H12/c1-13(18-3-2-4-19(25)21(18)26)22(23(32)29-16-7-8-17(31)10-16)27-11-14-5-6-15(24)9-20(14)28-12-30;1-5(2,3)4/h2-6,9,12-13,16-17,22,27,31H,7-8,10-11H2,1H3,(H,28,30)(H,29,32);1-4H3/t13?,16?,17?,22-;/m1./s1. The van der Waals surface area contributed by atoms with Crippen LogP contribution in [0.5, 0.6) is 0 Å². The second-order valence-corrected chi connectivity index (χ2v) is 11.9. The van der Waals surface area contributed by atoms with Gasteiger partial charge in [-0.3, -0.25) is 9.59 Å². The van der Waals surface area contributed by atoms with Crippen LogP contribution in [0.25, 0.3) is 0 Å². The lowest BCUT2D eigenvalue weighted by Gasteiger charge is -2.27. The SMILES string of the molecule is CC(C)(C)C.CC(c1cccc(Cl)c1F)[C@@H](NCc1ccc(Cl)cc1NC=O)C(=O)NC1CCC(O)C1. The van der Waals surface area contributed by atoms with Gasteiger partial charge in [0.15, 0.2) is 0 Å². The molecule has 37 heavy (non-hydrogen) atoms. The molecule has 0 spiro atoms. The fraction of sp³-hybridized carbons (Fsp3) is 0.500. The Bertz CT molecular complexity index is 1060. The molecule has 4 N–H and O–H groups in total. The lowest BCUT2D eigenvalue weighted by atomic mass is 9.91. The van der Waals surface area contributed by atoms with Gasteiger partial charge in [0.2, 0.25) is 12.3 Å². The quantitative estimate of drug-likeness (QED) is 0.285. The van der Waals surface area contributed by atoms with Gasteiger partial charge >= 0.3 is 0 Å². The zero-order valence-electron chi connectivity index (χ0n) is 22.1. The highest BCUT2D eigenvalue weighted by Gasteiger charge is 2.32. The van der Waals surface area contributed by atoms with Gasteiger partial charge in [0.05, 0.1) is 17.2 Å². The number of carbonyl (C=O) groups is 2. The third-order valence-electron chi connectivity index (χ3n) is 5.80. The summed E-state index contributed by atoms with van der Waals surface area (Å²) in [6, 6.07) is 8.82. The van der Waals surface area contributed by atoms with E-state index in [0.717, 1.165) is 0 Å². The molecule has 3 unspecified atom stereocenters. The number of nitrogens with one attached hydrogen (secondary N) is 3. The highest BCUT2D eigenvalue weighted by Crippen LogP contribution is 2.29. The van der Waals surface area contributed by atoms with Gasteiger partial charge in [0.25, 0.3) is 0 Å². The smallest absolute Gasteiger partial charge is 0.237 e. The van der Waals surface area contributed by atoms with Gasteiger partial charge in [-0.1, -0.05) is 76.0 Å². The van der Waals surface area contributed by atoms with Gasteiger partial charge in [-0.05, 0) is 54.0 Å². The predicted octanol–water partition coefficient (Wildman–Crippen LogP) is 6.04. The molecule has 2 amide bonds. The molecule has 6 nitrogen and oxygen atoms in total. The minimum absolute atomic E-state index is 0.0115. The molecule has 0 aromatic heterocycles. The number of aliphatic hydroxyl groups excluding tert-OH is 1. The highest BCUT2D eigenvalue weighted by atomic mass is 35.5. The number of anilines is 1. The van der Waals surface area contributed by atoms with Crippen LogP contribution < -0.4 is 16.0 Å². The summed E-state index contributed by atoms with van der Waals surface area (Å²) in [6.45, 7) is 10.7. The summed E-state index contributed by atoms with van der Waals surface area (Å²) in [7, 11) is 0. The van der Waals surface area contributed by atoms with E-state index < -0.39 is 23.9 Å². The first-order valence-electron chi connectivity index (χ1n) is 12.4. The first-order valence-corrected chi connectivity index (χ1v) is 13.2. The molecule has 2 aromatic rings. The van der Waals surface area contributed by atoms with E-state index in [0.29, 0.717) is 52.9 Å². The molecule has 4 atom stereocenters. The Hall–Kier alpha value is -2.19. The van der Waals surface area contributed by atoms with E-state index in [-0.39, 0.29) is 23.5 Å². The largest absolute Gasteiger partial charge is 0.393 e. The van der Waals surface area contributed by atoms with Crippen molar-refractivity contribution in [2.24, 2.45) is 5.41 Å². The normalized spacial score (nSPS) is 18.8. The second kappa shape index (κ2) is 14.1. The summed E-state index contributed by atoms with van der Waals surface area (Å²) in [4.78, 5) is 24.2. The maximum absolute atomic E-state index is 14.7. The minimum atomic E-state index is -0.791. The monoisotopic (exact) mass is 553 g/mol. The van der Waals surface area contributed by atoms with Gasteiger partial charge in [-0.2, -0.15) is 0 Å². The van der Waals surface area contributed by atoms with Crippen LogP contribution >= 0.6 is 23.2 Å². The molecule has 3 rings (SSSR count). The number of hydrogen-bond donors (Lipinski definition) is 4. The van der Waals surface area contributed by atoms with Crippen LogP contribution in [0, 0.1) is 11.2 Å². The van der Waals surface area contributed by atoms with Crippen molar-refractivity contribution in [1.29, 1.82) is 0 Å². The van der Waals surface area contributed by atoms with Crippen molar-refractivity contribution in [3.8, 4) is 0 Å². The molecule has 1 fully saturated rings. The number of benzene rings is 2. The van der Waals surface area contributed by atoms with E-state index in [1.54, 1.807) is 37.3 Å². The Labute approximate surface area is 229 Å². The molecule has 204 valence electrons. The summed E-state index contributed by atoms with van der Waals surface area (Å²) >= 11 is 12.0. The zero-order valence-corrected chi connectivity index (χ0v) is 23.6. The van der Waals surface area contributed by atoms with E-state index in [2.05, 4.69) is 43.6 Å². The van der Waals surface area contributed by atoms with Gasteiger partial charge in [-0.25, -0.2) is 4.39 Å². The number of halogens is 3. The maximum Gasteiger partial charge on any atom is 0.237 e. The third-order valence-corrected chi connectivity index (χ3v) is 6.33. The van der Waals surface area contributed by atoms with Crippen LogP contribution in [0.4, 0.5) is 10.1 Å². The zero-order chi connectivity index (χ0) is 27.8. The molecule has 1 aliphatic carbocycles. The number of aliphatic hydroxyl groups is 1. The first kappa shape index (κ1) is 31.0. The molecule has 0 saturated heterocycles. The van der Waals surface area contributed by atoms with Crippen molar-refractivity contribution in [1.82, 2.24) is 10.6 Å². The van der Waals surface area contributed by atoms with Crippen LogP contribution in [0.15, 0.2) is 36.4 Å². The first-order chi connectivity index (χ1) is 17.3. The average molecular weight is 555 g/mol. The lowest BCUT2D eigenvalue weighted by molar-refractivity contribution is -0.124. The van der Waals surface area contributed by atoms with Crippen molar-refractivity contribution in [3.05, 3.63) is 63.4 Å².